The van der Waals surface area contributed by atoms with Gasteiger partial charge in [0.15, 0.2) is 0 Å². The first kappa shape index (κ1) is 24.3. The van der Waals surface area contributed by atoms with E-state index in [0.717, 1.165) is 48.9 Å². The van der Waals surface area contributed by atoms with Crippen LogP contribution in [0.4, 0.5) is 10.1 Å². The van der Waals surface area contributed by atoms with Gasteiger partial charge in [0.05, 0.1) is 17.1 Å². The van der Waals surface area contributed by atoms with Gasteiger partial charge in [0.1, 0.15) is 5.82 Å². The molecule has 0 atom stereocenters. The van der Waals surface area contributed by atoms with E-state index >= 15 is 0 Å². The predicted octanol–water partition coefficient (Wildman–Crippen LogP) is 5.28. The van der Waals surface area contributed by atoms with Crippen LogP contribution in [0, 0.1) is 5.82 Å². The highest BCUT2D eigenvalue weighted by molar-refractivity contribution is 8.04. The number of halogens is 1. The number of hydrogen-bond donors (Lipinski definition) is 0. The molecule has 0 bridgehead atoms. The Morgan fingerprint density at radius 2 is 1.64 bits per heavy atom. The van der Waals surface area contributed by atoms with Gasteiger partial charge in [-0.25, -0.2) is 4.39 Å². The lowest BCUT2D eigenvalue weighted by molar-refractivity contribution is -0.114. The normalized spacial score (nSPS) is 17.4. The number of amides is 2. The molecule has 36 heavy (non-hydrogen) atoms. The van der Waals surface area contributed by atoms with Gasteiger partial charge in [-0.3, -0.25) is 9.59 Å². The Labute approximate surface area is 215 Å². The monoisotopic (exact) mass is 501 g/mol. The molecule has 1 fully saturated rings. The van der Waals surface area contributed by atoms with Gasteiger partial charge in [0.2, 0.25) is 0 Å². The van der Waals surface area contributed by atoms with Crippen LogP contribution in [0.3, 0.4) is 0 Å². The predicted molar refractivity (Wildman–Crippen MR) is 142 cm³/mol. The number of likely N-dealkylation sites (N-methyl/N-ethyl adjacent to an activating group) is 1. The zero-order valence-corrected chi connectivity index (χ0v) is 21.0. The summed E-state index contributed by atoms with van der Waals surface area (Å²) in [4.78, 5) is 33.8. The van der Waals surface area contributed by atoms with Crippen molar-refractivity contribution in [2.24, 2.45) is 0 Å². The van der Waals surface area contributed by atoms with Crippen molar-refractivity contribution in [1.29, 1.82) is 0 Å². The third-order valence-electron chi connectivity index (χ3n) is 6.68. The second kappa shape index (κ2) is 10.7. The van der Waals surface area contributed by atoms with Crippen molar-refractivity contribution in [2.45, 2.75) is 18.4 Å². The topological polar surface area (TPSA) is 43.9 Å². The van der Waals surface area contributed by atoms with E-state index in [1.54, 1.807) is 23.1 Å². The lowest BCUT2D eigenvalue weighted by atomic mass is 10.1. The molecule has 0 spiro atoms. The quantitative estimate of drug-likeness (QED) is 0.446. The number of carbonyl (C=O) groups excluding carboxylic acids is 2. The fraction of sp³-hybridized carbons (Fsp3) is 0.241. The van der Waals surface area contributed by atoms with Gasteiger partial charge in [-0.1, -0.05) is 61.2 Å². The maximum Gasteiger partial charge on any atom is 0.265 e. The zero-order chi connectivity index (χ0) is 25.1. The van der Waals surface area contributed by atoms with Crippen LogP contribution < -0.4 is 4.90 Å². The molecule has 2 aliphatic heterocycles. The van der Waals surface area contributed by atoms with Crippen LogP contribution in [0.2, 0.25) is 0 Å². The van der Waals surface area contributed by atoms with Crippen molar-refractivity contribution >= 4 is 35.3 Å². The maximum atomic E-state index is 14.4. The van der Waals surface area contributed by atoms with Gasteiger partial charge in [-0.05, 0) is 48.5 Å². The number of anilines is 1. The molecule has 2 aliphatic rings. The number of carbonyl (C=O) groups is 2. The Kier molecular flexibility index (Phi) is 7.20. The Bertz CT molecular complexity index is 1300. The van der Waals surface area contributed by atoms with Gasteiger partial charge in [0.25, 0.3) is 11.8 Å². The average molecular weight is 502 g/mol. The highest BCUT2D eigenvalue weighted by atomic mass is 32.2. The Morgan fingerprint density at radius 1 is 0.944 bits per heavy atom. The van der Waals surface area contributed by atoms with E-state index in [2.05, 4.69) is 11.8 Å². The van der Waals surface area contributed by atoms with Gasteiger partial charge in [-0.15, -0.1) is 0 Å². The smallest absolute Gasteiger partial charge is 0.265 e. The number of para-hydroxylation sites is 1. The molecule has 0 unspecified atom stereocenters. The number of benzene rings is 3. The average Bonchev–Trinajstić information content (AvgIpc) is 2.92. The minimum atomic E-state index is -0.331. The van der Waals surface area contributed by atoms with E-state index < -0.39 is 0 Å². The molecule has 0 N–H and O–H groups in total. The molecule has 0 aromatic heterocycles. The number of nitrogens with zero attached hydrogens (tertiary/aromatic N) is 3. The molecule has 0 radical (unpaired) electrons. The number of fused-ring (bicyclic) bond motifs is 1. The summed E-state index contributed by atoms with van der Waals surface area (Å²) in [7, 11) is 0. The molecule has 5 nitrogen and oxygen atoms in total. The summed E-state index contributed by atoms with van der Waals surface area (Å²) in [5.74, 6) is -0.461. The van der Waals surface area contributed by atoms with Crippen molar-refractivity contribution in [3.63, 3.8) is 0 Å². The summed E-state index contributed by atoms with van der Waals surface area (Å²) in [6.45, 7) is 6.57. The van der Waals surface area contributed by atoms with Crippen LogP contribution in [0.5, 0.6) is 0 Å². The number of rotatable bonds is 5. The third kappa shape index (κ3) is 5.08. The summed E-state index contributed by atoms with van der Waals surface area (Å²) in [5, 5.41) is 0. The Morgan fingerprint density at radius 3 is 2.36 bits per heavy atom. The molecular weight excluding hydrogens is 473 g/mol. The number of thioether (sulfide) groups is 1. The van der Waals surface area contributed by atoms with E-state index in [0.29, 0.717) is 16.0 Å². The standard InChI is InChI=1S/C29H28FN3O2S/c1-2-31-15-17-32(18-16-31)28(34)22-13-11-21(12-14-22)19-27-29(35)33(20-23-7-3-4-8-24(23)30)25-9-5-6-10-26(25)36-27/h3-14,19H,2,15-18,20H2,1H3. The van der Waals surface area contributed by atoms with Crippen LogP contribution in [0.15, 0.2) is 82.6 Å². The fourth-order valence-electron chi connectivity index (χ4n) is 4.54. The van der Waals surface area contributed by atoms with Gasteiger partial charge >= 0.3 is 0 Å². The van der Waals surface area contributed by atoms with E-state index in [4.69, 9.17) is 0 Å². The Balaban J connectivity index is 1.36. The van der Waals surface area contributed by atoms with Crippen molar-refractivity contribution in [1.82, 2.24) is 9.80 Å². The van der Waals surface area contributed by atoms with Crippen molar-refractivity contribution in [3.8, 4) is 0 Å². The largest absolute Gasteiger partial charge is 0.336 e. The lowest BCUT2D eigenvalue weighted by Gasteiger charge is -2.34. The minimum Gasteiger partial charge on any atom is -0.336 e. The highest BCUT2D eigenvalue weighted by Crippen LogP contribution is 2.42. The minimum absolute atomic E-state index is 0.0399. The van der Waals surface area contributed by atoms with Crippen LogP contribution in [0.25, 0.3) is 6.08 Å². The van der Waals surface area contributed by atoms with E-state index in [1.165, 1.54) is 17.8 Å². The Hall–Kier alpha value is -3.42. The summed E-state index contributed by atoms with van der Waals surface area (Å²) in [6.07, 6.45) is 1.84. The fourth-order valence-corrected chi connectivity index (χ4v) is 5.60. The van der Waals surface area contributed by atoms with Crippen LogP contribution in [0.1, 0.15) is 28.4 Å². The van der Waals surface area contributed by atoms with Crippen LogP contribution in [-0.4, -0.2) is 54.3 Å². The molecular formula is C29H28FN3O2S. The van der Waals surface area contributed by atoms with Gasteiger partial charge in [0, 0.05) is 42.2 Å². The molecule has 5 rings (SSSR count). The van der Waals surface area contributed by atoms with Crippen molar-refractivity contribution < 1.29 is 14.0 Å². The molecule has 184 valence electrons. The summed E-state index contributed by atoms with van der Waals surface area (Å²) < 4.78 is 14.4. The molecule has 0 aliphatic carbocycles. The first-order valence-electron chi connectivity index (χ1n) is 12.2. The molecule has 3 aromatic carbocycles. The van der Waals surface area contributed by atoms with Crippen molar-refractivity contribution in [3.05, 3.63) is 100 Å². The third-order valence-corrected chi connectivity index (χ3v) is 7.76. The summed E-state index contributed by atoms with van der Waals surface area (Å²) in [6, 6.07) is 21.6. The molecule has 2 heterocycles. The van der Waals surface area contributed by atoms with Crippen LogP contribution in [-0.2, 0) is 11.3 Å². The first-order valence-corrected chi connectivity index (χ1v) is 13.0. The highest BCUT2D eigenvalue weighted by Gasteiger charge is 2.29. The van der Waals surface area contributed by atoms with E-state index in [9.17, 15) is 14.0 Å². The molecule has 1 saturated heterocycles. The SMILES string of the molecule is CCN1CCN(C(=O)c2ccc(C=C3Sc4ccccc4N(Cc4ccccc4F)C3=O)cc2)CC1. The van der Waals surface area contributed by atoms with Crippen LogP contribution >= 0.6 is 11.8 Å². The van der Waals surface area contributed by atoms with Gasteiger partial charge < -0.3 is 14.7 Å². The summed E-state index contributed by atoms with van der Waals surface area (Å²) >= 11 is 1.41. The van der Waals surface area contributed by atoms with Gasteiger partial charge in [-0.2, -0.15) is 0 Å². The molecule has 2 amide bonds. The maximum absolute atomic E-state index is 14.4. The number of hydrogen-bond acceptors (Lipinski definition) is 4. The number of piperazine rings is 1. The molecule has 0 saturated carbocycles. The lowest BCUT2D eigenvalue weighted by Crippen LogP contribution is -2.48. The summed E-state index contributed by atoms with van der Waals surface area (Å²) in [5.41, 5.74) is 2.73. The van der Waals surface area contributed by atoms with E-state index in [1.807, 2.05) is 59.5 Å². The first-order chi connectivity index (χ1) is 17.5. The molecule has 3 aromatic rings. The molecule has 7 heteroatoms. The second-order valence-electron chi connectivity index (χ2n) is 8.91. The van der Waals surface area contributed by atoms with E-state index in [-0.39, 0.29) is 24.2 Å². The zero-order valence-electron chi connectivity index (χ0n) is 20.2. The van der Waals surface area contributed by atoms with Crippen molar-refractivity contribution in [2.75, 3.05) is 37.6 Å². The second-order valence-corrected chi connectivity index (χ2v) is 9.99.